The van der Waals surface area contributed by atoms with E-state index in [1.165, 1.54) is 0 Å². The molecular formula is C12H15ClN4. The van der Waals surface area contributed by atoms with E-state index in [9.17, 15) is 0 Å². The molecular weight excluding hydrogens is 236 g/mol. The van der Waals surface area contributed by atoms with E-state index in [1.54, 1.807) is 4.68 Å². The average molecular weight is 251 g/mol. The molecule has 1 unspecified atom stereocenters. The molecule has 0 aliphatic rings. The van der Waals surface area contributed by atoms with Crippen molar-refractivity contribution in [2.45, 2.75) is 18.9 Å². The Morgan fingerprint density at radius 1 is 1.35 bits per heavy atom. The summed E-state index contributed by atoms with van der Waals surface area (Å²) in [4.78, 5) is 0. The van der Waals surface area contributed by atoms with Gasteiger partial charge in [-0.3, -0.25) is 4.68 Å². The van der Waals surface area contributed by atoms with Crippen LogP contribution in [-0.2, 0) is 19.9 Å². The zero-order valence-corrected chi connectivity index (χ0v) is 10.4. The van der Waals surface area contributed by atoms with Crippen LogP contribution in [0, 0.1) is 0 Å². The van der Waals surface area contributed by atoms with Gasteiger partial charge < -0.3 is 5.73 Å². The predicted molar refractivity (Wildman–Crippen MR) is 67.8 cm³/mol. The number of rotatable bonds is 4. The normalized spacial score (nSPS) is 12.6. The Balaban J connectivity index is 1.98. The summed E-state index contributed by atoms with van der Waals surface area (Å²) in [6.45, 7) is 0. The lowest BCUT2D eigenvalue weighted by Crippen LogP contribution is -2.25. The first-order valence-electron chi connectivity index (χ1n) is 5.49. The van der Waals surface area contributed by atoms with Crippen LogP contribution < -0.4 is 5.73 Å². The van der Waals surface area contributed by atoms with E-state index in [1.807, 2.05) is 37.5 Å². The van der Waals surface area contributed by atoms with E-state index in [0.29, 0.717) is 6.42 Å². The van der Waals surface area contributed by atoms with Crippen LogP contribution in [0.3, 0.4) is 0 Å². The van der Waals surface area contributed by atoms with Crippen LogP contribution in [-0.4, -0.2) is 21.0 Å². The van der Waals surface area contributed by atoms with Gasteiger partial charge in [-0.05, 0) is 18.1 Å². The van der Waals surface area contributed by atoms with Crippen molar-refractivity contribution >= 4 is 11.6 Å². The van der Waals surface area contributed by atoms with Gasteiger partial charge in [0, 0.05) is 30.7 Å². The van der Waals surface area contributed by atoms with Crippen molar-refractivity contribution in [3.63, 3.8) is 0 Å². The van der Waals surface area contributed by atoms with Crippen LogP contribution in [0.1, 0.15) is 11.3 Å². The Kier molecular flexibility index (Phi) is 3.76. The molecule has 0 aliphatic carbocycles. The molecule has 1 atom stereocenters. The Morgan fingerprint density at radius 3 is 2.76 bits per heavy atom. The SMILES string of the molecule is Cn1cc(CC(N)Cc2ccccc2Cl)nn1. The molecule has 1 aromatic heterocycles. The summed E-state index contributed by atoms with van der Waals surface area (Å²) in [7, 11) is 1.84. The number of hydrogen-bond acceptors (Lipinski definition) is 3. The van der Waals surface area contributed by atoms with E-state index in [-0.39, 0.29) is 6.04 Å². The van der Waals surface area contributed by atoms with Gasteiger partial charge in [-0.25, -0.2) is 0 Å². The van der Waals surface area contributed by atoms with Gasteiger partial charge in [-0.2, -0.15) is 0 Å². The minimum absolute atomic E-state index is 0.00611. The lowest BCUT2D eigenvalue weighted by molar-refractivity contribution is 0.651. The Labute approximate surface area is 105 Å². The molecule has 4 nitrogen and oxygen atoms in total. The molecule has 17 heavy (non-hydrogen) atoms. The van der Waals surface area contributed by atoms with Crippen molar-refractivity contribution in [3.05, 3.63) is 46.7 Å². The second kappa shape index (κ2) is 5.29. The lowest BCUT2D eigenvalue weighted by Gasteiger charge is -2.10. The van der Waals surface area contributed by atoms with Gasteiger partial charge in [0.25, 0.3) is 0 Å². The molecule has 0 spiro atoms. The van der Waals surface area contributed by atoms with Gasteiger partial charge in [0.05, 0.1) is 5.69 Å². The van der Waals surface area contributed by atoms with E-state index >= 15 is 0 Å². The number of hydrogen-bond donors (Lipinski definition) is 1. The molecule has 0 amide bonds. The van der Waals surface area contributed by atoms with Crippen LogP contribution in [0.5, 0.6) is 0 Å². The summed E-state index contributed by atoms with van der Waals surface area (Å²) in [5, 5.41) is 8.66. The van der Waals surface area contributed by atoms with E-state index in [0.717, 1.165) is 22.7 Å². The van der Waals surface area contributed by atoms with E-state index in [4.69, 9.17) is 17.3 Å². The first-order chi connectivity index (χ1) is 8.15. The lowest BCUT2D eigenvalue weighted by atomic mass is 10.0. The Morgan fingerprint density at radius 2 is 2.12 bits per heavy atom. The number of benzene rings is 1. The highest BCUT2D eigenvalue weighted by Crippen LogP contribution is 2.16. The van der Waals surface area contributed by atoms with Crippen molar-refractivity contribution in [2.24, 2.45) is 12.8 Å². The largest absolute Gasteiger partial charge is 0.327 e. The maximum absolute atomic E-state index is 6.09. The fourth-order valence-corrected chi connectivity index (χ4v) is 1.99. The summed E-state index contributed by atoms with van der Waals surface area (Å²) in [6, 6.07) is 7.77. The van der Waals surface area contributed by atoms with Gasteiger partial charge in [-0.1, -0.05) is 35.0 Å². The molecule has 0 saturated carbocycles. The Hall–Kier alpha value is -1.39. The van der Waals surface area contributed by atoms with Gasteiger partial charge in [0.15, 0.2) is 0 Å². The highest BCUT2D eigenvalue weighted by molar-refractivity contribution is 6.31. The molecule has 0 radical (unpaired) electrons. The first-order valence-corrected chi connectivity index (χ1v) is 5.87. The molecule has 0 bridgehead atoms. The molecule has 90 valence electrons. The highest BCUT2D eigenvalue weighted by atomic mass is 35.5. The fourth-order valence-electron chi connectivity index (χ4n) is 1.78. The quantitative estimate of drug-likeness (QED) is 0.897. The number of halogens is 1. The van der Waals surface area contributed by atoms with Crippen LogP contribution in [0.4, 0.5) is 0 Å². The molecule has 2 aromatic rings. The Bertz CT molecular complexity index is 495. The summed E-state index contributed by atoms with van der Waals surface area (Å²) >= 11 is 6.09. The second-order valence-corrected chi connectivity index (χ2v) is 4.55. The molecule has 0 saturated heterocycles. The van der Waals surface area contributed by atoms with Crippen molar-refractivity contribution in [3.8, 4) is 0 Å². The zero-order chi connectivity index (χ0) is 12.3. The monoisotopic (exact) mass is 250 g/mol. The predicted octanol–water partition coefficient (Wildman–Crippen LogP) is 1.58. The maximum Gasteiger partial charge on any atom is 0.0842 e. The number of nitrogens with two attached hydrogens (primary N) is 1. The number of aromatic nitrogens is 3. The van der Waals surface area contributed by atoms with Crippen molar-refractivity contribution in [1.82, 2.24) is 15.0 Å². The molecule has 2 N–H and O–H groups in total. The molecule has 0 fully saturated rings. The van der Waals surface area contributed by atoms with Gasteiger partial charge in [0.2, 0.25) is 0 Å². The van der Waals surface area contributed by atoms with Crippen LogP contribution in [0.15, 0.2) is 30.5 Å². The molecule has 2 rings (SSSR count). The smallest absolute Gasteiger partial charge is 0.0842 e. The fraction of sp³-hybridized carbons (Fsp3) is 0.333. The van der Waals surface area contributed by atoms with Gasteiger partial charge >= 0.3 is 0 Å². The minimum atomic E-state index is 0.00611. The average Bonchev–Trinajstić information content (AvgIpc) is 2.67. The van der Waals surface area contributed by atoms with E-state index in [2.05, 4.69) is 10.3 Å². The summed E-state index contributed by atoms with van der Waals surface area (Å²) < 4.78 is 1.68. The third kappa shape index (κ3) is 3.28. The van der Waals surface area contributed by atoms with Gasteiger partial charge in [-0.15, -0.1) is 5.10 Å². The minimum Gasteiger partial charge on any atom is -0.327 e. The van der Waals surface area contributed by atoms with Crippen molar-refractivity contribution in [1.29, 1.82) is 0 Å². The summed E-state index contributed by atoms with van der Waals surface area (Å²) in [6.07, 6.45) is 3.34. The van der Waals surface area contributed by atoms with Crippen molar-refractivity contribution in [2.75, 3.05) is 0 Å². The molecule has 0 aliphatic heterocycles. The summed E-state index contributed by atoms with van der Waals surface area (Å²) in [5.41, 5.74) is 8.06. The van der Waals surface area contributed by atoms with Crippen LogP contribution in [0.2, 0.25) is 5.02 Å². The highest BCUT2D eigenvalue weighted by Gasteiger charge is 2.09. The number of aryl methyl sites for hydroxylation is 1. The summed E-state index contributed by atoms with van der Waals surface area (Å²) in [5.74, 6) is 0. The van der Waals surface area contributed by atoms with Crippen LogP contribution >= 0.6 is 11.6 Å². The molecule has 1 heterocycles. The van der Waals surface area contributed by atoms with Crippen LogP contribution in [0.25, 0.3) is 0 Å². The molecule has 1 aromatic carbocycles. The molecule has 5 heteroatoms. The standard InChI is InChI=1S/C12H15ClN4/c1-17-8-11(15-16-17)7-10(14)6-9-4-2-3-5-12(9)13/h2-5,8,10H,6-7,14H2,1H3. The number of nitrogens with zero attached hydrogens (tertiary/aromatic N) is 3. The van der Waals surface area contributed by atoms with Crippen molar-refractivity contribution < 1.29 is 0 Å². The second-order valence-electron chi connectivity index (χ2n) is 4.14. The zero-order valence-electron chi connectivity index (χ0n) is 9.68. The first kappa shape index (κ1) is 12.1. The topological polar surface area (TPSA) is 56.7 Å². The maximum atomic E-state index is 6.09. The van der Waals surface area contributed by atoms with E-state index < -0.39 is 0 Å². The van der Waals surface area contributed by atoms with Gasteiger partial charge in [0.1, 0.15) is 0 Å². The third-order valence-electron chi connectivity index (χ3n) is 2.56. The third-order valence-corrected chi connectivity index (χ3v) is 2.93.